The van der Waals surface area contributed by atoms with Crippen molar-refractivity contribution < 1.29 is 9.47 Å². The van der Waals surface area contributed by atoms with E-state index in [1.165, 1.54) is 10.8 Å². The standard InChI is InChI=1S/C13H12BrClN2O4/c14-11-7-17(13(19)16-12(11)18)8-20-5-6-21-10-3-1-9(15)2-4-10/h1-4,7H,5-6,8H2,(H,16,18,19). The molecular weight excluding hydrogens is 364 g/mol. The molecule has 8 heteroatoms. The highest BCUT2D eigenvalue weighted by atomic mass is 79.9. The predicted molar refractivity (Wildman–Crippen MR) is 81.9 cm³/mol. The van der Waals surface area contributed by atoms with E-state index in [1.54, 1.807) is 24.3 Å². The van der Waals surface area contributed by atoms with Crippen LogP contribution in [-0.2, 0) is 11.5 Å². The lowest BCUT2D eigenvalue weighted by Crippen LogP contribution is -2.30. The molecule has 2 aromatic rings. The Labute approximate surface area is 133 Å². The minimum absolute atomic E-state index is 0.0260. The van der Waals surface area contributed by atoms with Crippen molar-refractivity contribution in [3.8, 4) is 5.75 Å². The summed E-state index contributed by atoms with van der Waals surface area (Å²) >= 11 is 8.81. The van der Waals surface area contributed by atoms with Crippen LogP contribution >= 0.6 is 27.5 Å². The van der Waals surface area contributed by atoms with Crippen LogP contribution in [-0.4, -0.2) is 22.8 Å². The lowest BCUT2D eigenvalue weighted by Gasteiger charge is -2.08. The van der Waals surface area contributed by atoms with Gasteiger partial charge in [-0.1, -0.05) is 11.6 Å². The van der Waals surface area contributed by atoms with E-state index < -0.39 is 11.2 Å². The third kappa shape index (κ3) is 4.73. The van der Waals surface area contributed by atoms with Gasteiger partial charge in [-0.3, -0.25) is 14.3 Å². The van der Waals surface area contributed by atoms with Crippen LogP contribution in [0.4, 0.5) is 0 Å². The fourth-order valence-electron chi connectivity index (χ4n) is 1.49. The van der Waals surface area contributed by atoms with Gasteiger partial charge in [-0.25, -0.2) is 4.79 Å². The maximum Gasteiger partial charge on any atom is 0.330 e. The lowest BCUT2D eigenvalue weighted by molar-refractivity contribution is 0.0511. The first kappa shape index (κ1) is 15.8. The molecule has 1 aromatic carbocycles. The van der Waals surface area contributed by atoms with Crippen molar-refractivity contribution in [3.63, 3.8) is 0 Å². The summed E-state index contributed by atoms with van der Waals surface area (Å²) < 4.78 is 12.3. The highest BCUT2D eigenvalue weighted by Gasteiger charge is 2.01. The molecule has 0 unspecified atom stereocenters. The first-order chi connectivity index (χ1) is 10.1. The van der Waals surface area contributed by atoms with Crippen LogP contribution in [0.3, 0.4) is 0 Å². The van der Waals surface area contributed by atoms with Crippen LogP contribution in [0.5, 0.6) is 5.75 Å². The van der Waals surface area contributed by atoms with Crippen molar-refractivity contribution >= 4 is 27.5 Å². The molecule has 0 radical (unpaired) electrons. The molecule has 21 heavy (non-hydrogen) atoms. The van der Waals surface area contributed by atoms with Gasteiger partial charge in [0.25, 0.3) is 5.56 Å². The van der Waals surface area contributed by atoms with Crippen molar-refractivity contribution in [1.82, 2.24) is 9.55 Å². The van der Waals surface area contributed by atoms with Crippen molar-refractivity contribution in [2.24, 2.45) is 0 Å². The van der Waals surface area contributed by atoms with Crippen LogP contribution in [0.2, 0.25) is 5.02 Å². The van der Waals surface area contributed by atoms with Crippen molar-refractivity contribution in [2.75, 3.05) is 13.2 Å². The van der Waals surface area contributed by atoms with Crippen molar-refractivity contribution in [3.05, 3.63) is 60.8 Å². The monoisotopic (exact) mass is 374 g/mol. The summed E-state index contributed by atoms with van der Waals surface area (Å²) in [7, 11) is 0. The third-order valence-corrected chi connectivity index (χ3v) is 3.32. The molecule has 1 aromatic heterocycles. The van der Waals surface area contributed by atoms with Gasteiger partial charge in [-0.05, 0) is 40.2 Å². The van der Waals surface area contributed by atoms with Gasteiger partial charge in [0.2, 0.25) is 0 Å². The molecule has 0 atom stereocenters. The number of ether oxygens (including phenoxy) is 2. The second-order valence-corrected chi connectivity index (χ2v) is 5.34. The Morgan fingerprint density at radius 3 is 2.62 bits per heavy atom. The van der Waals surface area contributed by atoms with Gasteiger partial charge in [0.15, 0.2) is 0 Å². The Balaban J connectivity index is 1.77. The molecule has 1 heterocycles. The molecule has 0 aliphatic carbocycles. The summed E-state index contributed by atoms with van der Waals surface area (Å²) in [5.41, 5.74) is -0.996. The molecule has 0 fully saturated rings. The Morgan fingerprint density at radius 1 is 1.19 bits per heavy atom. The van der Waals surface area contributed by atoms with E-state index in [0.29, 0.717) is 24.0 Å². The third-order valence-electron chi connectivity index (χ3n) is 2.51. The first-order valence-electron chi connectivity index (χ1n) is 6.01. The maximum atomic E-state index is 11.5. The smallest absolute Gasteiger partial charge is 0.330 e. The second-order valence-electron chi connectivity index (χ2n) is 4.05. The summed E-state index contributed by atoms with van der Waals surface area (Å²) in [4.78, 5) is 24.8. The van der Waals surface area contributed by atoms with Gasteiger partial charge in [0.05, 0.1) is 11.1 Å². The van der Waals surface area contributed by atoms with Crippen molar-refractivity contribution in [2.45, 2.75) is 6.73 Å². The van der Waals surface area contributed by atoms with E-state index in [-0.39, 0.29) is 11.2 Å². The minimum Gasteiger partial charge on any atom is -0.491 e. The number of aromatic amines is 1. The fraction of sp³-hybridized carbons (Fsp3) is 0.231. The number of halogens is 2. The summed E-state index contributed by atoms with van der Waals surface area (Å²) in [5, 5.41) is 0.640. The Hall–Kier alpha value is -1.57. The maximum absolute atomic E-state index is 11.5. The summed E-state index contributed by atoms with van der Waals surface area (Å²) in [6.07, 6.45) is 1.38. The molecule has 0 saturated carbocycles. The Morgan fingerprint density at radius 2 is 1.90 bits per heavy atom. The van der Waals surface area contributed by atoms with E-state index in [1.807, 2.05) is 0 Å². The average molecular weight is 376 g/mol. The fourth-order valence-corrected chi connectivity index (χ4v) is 1.96. The van der Waals surface area contributed by atoms with Crippen LogP contribution in [0, 0.1) is 0 Å². The van der Waals surface area contributed by atoms with Crippen LogP contribution < -0.4 is 16.0 Å². The molecule has 0 saturated heterocycles. The average Bonchev–Trinajstić information content (AvgIpc) is 2.46. The second kappa shape index (κ2) is 7.44. The first-order valence-corrected chi connectivity index (χ1v) is 7.19. The van der Waals surface area contributed by atoms with Crippen LogP contribution in [0.15, 0.2) is 44.5 Å². The Bertz CT molecular complexity index is 711. The van der Waals surface area contributed by atoms with E-state index in [0.717, 1.165) is 0 Å². The summed E-state index contributed by atoms with van der Waals surface area (Å²) in [6.45, 7) is 0.658. The number of hydrogen-bond donors (Lipinski definition) is 1. The molecule has 6 nitrogen and oxygen atoms in total. The van der Waals surface area contributed by atoms with E-state index in [4.69, 9.17) is 21.1 Å². The van der Waals surface area contributed by atoms with Crippen molar-refractivity contribution in [1.29, 1.82) is 0 Å². The van der Waals surface area contributed by atoms with E-state index in [2.05, 4.69) is 20.9 Å². The minimum atomic E-state index is -0.526. The molecule has 0 bridgehead atoms. The molecule has 2 rings (SSSR count). The summed E-state index contributed by atoms with van der Waals surface area (Å²) in [6, 6.07) is 6.97. The molecule has 0 aliphatic heterocycles. The topological polar surface area (TPSA) is 73.3 Å². The molecule has 112 valence electrons. The van der Waals surface area contributed by atoms with Crippen LogP contribution in [0.25, 0.3) is 0 Å². The van der Waals surface area contributed by atoms with Crippen LogP contribution in [0.1, 0.15) is 0 Å². The highest BCUT2D eigenvalue weighted by molar-refractivity contribution is 9.10. The quantitative estimate of drug-likeness (QED) is 0.784. The number of hydrogen-bond acceptors (Lipinski definition) is 4. The van der Waals surface area contributed by atoms with E-state index in [9.17, 15) is 9.59 Å². The normalized spacial score (nSPS) is 10.6. The molecule has 0 spiro atoms. The largest absolute Gasteiger partial charge is 0.491 e. The lowest BCUT2D eigenvalue weighted by atomic mass is 10.3. The number of nitrogens with zero attached hydrogens (tertiary/aromatic N) is 1. The number of rotatable bonds is 6. The molecule has 0 aliphatic rings. The van der Waals surface area contributed by atoms with E-state index >= 15 is 0 Å². The summed E-state index contributed by atoms with van der Waals surface area (Å²) in [5.74, 6) is 0.687. The zero-order valence-electron chi connectivity index (χ0n) is 10.8. The van der Waals surface area contributed by atoms with Gasteiger partial charge in [-0.15, -0.1) is 0 Å². The zero-order valence-corrected chi connectivity index (χ0v) is 13.2. The molecular formula is C13H12BrClN2O4. The highest BCUT2D eigenvalue weighted by Crippen LogP contribution is 2.15. The predicted octanol–water partition coefficient (Wildman–Crippen LogP) is 2.01. The molecule has 1 N–H and O–H groups in total. The molecule has 0 amide bonds. The number of nitrogens with one attached hydrogen (secondary N) is 1. The van der Waals surface area contributed by atoms with Gasteiger partial charge in [0.1, 0.15) is 19.1 Å². The number of benzene rings is 1. The SMILES string of the molecule is O=c1[nH]c(=O)n(COCCOc2ccc(Cl)cc2)cc1Br. The van der Waals surface area contributed by atoms with Gasteiger partial charge < -0.3 is 9.47 Å². The zero-order chi connectivity index (χ0) is 15.2. The van der Waals surface area contributed by atoms with Gasteiger partial charge in [-0.2, -0.15) is 0 Å². The number of H-pyrrole nitrogens is 1. The van der Waals surface area contributed by atoms with Gasteiger partial charge in [0, 0.05) is 11.2 Å². The van der Waals surface area contributed by atoms with Gasteiger partial charge >= 0.3 is 5.69 Å². The number of aromatic nitrogens is 2. The Kier molecular flexibility index (Phi) is 5.60.